The maximum Gasteiger partial charge on any atom is 0.0207 e. The van der Waals surface area contributed by atoms with Gasteiger partial charge in [-0.05, 0) is 49.7 Å². The van der Waals surface area contributed by atoms with Crippen molar-refractivity contribution in [3.05, 3.63) is 0 Å². The van der Waals surface area contributed by atoms with Gasteiger partial charge in [0.1, 0.15) is 0 Å². The zero-order chi connectivity index (χ0) is 10.1. The molecule has 3 heteroatoms. The fourth-order valence-corrected chi connectivity index (χ4v) is 4.09. The third-order valence-electron chi connectivity index (χ3n) is 4.00. The highest BCUT2D eigenvalue weighted by Gasteiger charge is 2.34. The van der Waals surface area contributed by atoms with Crippen LogP contribution in [0.2, 0.25) is 0 Å². The number of hydrogen-bond acceptors (Lipinski definition) is 3. The Morgan fingerprint density at radius 3 is 2.87 bits per heavy atom. The quantitative estimate of drug-likeness (QED) is 0.783. The van der Waals surface area contributed by atoms with E-state index in [9.17, 15) is 0 Å². The van der Waals surface area contributed by atoms with E-state index in [0.717, 1.165) is 18.0 Å². The van der Waals surface area contributed by atoms with Crippen molar-refractivity contribution in [1.29, 1.82) is 0 Å². The number of hydrogen-bond donors (Lipinski definition) is 1. The summed E-state index contributed by atoms with van der Waals surface area (Å²) in [7, 11) is 0. The van der Waals surface area contributed by atoms with Crippen LogP contribution in [0.15, 0.2) is 0 Å². The van der Waals surface area contributed by atoms with Gasteiger partial charge in [0.2, 0.25) is 0 Å². The summed E-state index contributed by atoms with van der Waals surface area (Å²) in [6.45, 7) is 3.95. The van der Waals surface area contributed by atoms with Crippen LogP contribution in [0.5, 0.6) is 0 Å². The van der Waals surface area contributed by atoms with Gasteiger partial charge in [-0.3, -0.25) is 4.90 Å². The molecule has 0 bridgehead atoms. The lowest BCUT2D eigenvalue weighted by molar-refractivity contribution is 0.315. The van der Waals surface area contributed by atoms with Crippen LogP contribution in [0.4, 0.5) is 0 Å². The van der Waals surface area contributed by atoms with E-state index in [2.05, 4.69) is 22.0 Å². The topological polar surface area (TPSA) is 15.3 Å². The molecular formula is C12H22N2S. The summed E-state index contributed by atoms with van der Waals surface area (Å²) in [5.41, 5.74) is 0. The maximum atomic E-state index is 3.78. The monoisotopic (exact) mass is 226 g/mol. The Bertz CT molecular complexity index is 212. The minimum atomic E-state index is 0.802. The molecule has 3 rings (SSSR count). The van der Waals surface area contributed by atoms with Gasteiger partial charge in [-0.1, -0.05) is 0 Å². The predicted octanol–water partition coefficient (Wildman–Crippen LogP) is 1.57. The number of rotatable bonds is 4. The van der Waals surface area contributed by atoms with E-state index < -0.39 is 0 Å². The Balaban J connectivity index is 1.37. The maximum absolute atomic E-state index is 3.78. The van der Waals surface area contributed by atoms with Gasteiger partial charge in [0, 0.05) is 25.2 Å². The number of nitrogens with zero attached hydrogens (tertiary/aromatic N) is 1. The van der Waals surface area contributed by atoms with Gasteiger partial charge >= 0.3 is 0 Å². The van der Waals surface area contributed by atoms with Crippen LogP contribution < -0.4 is 5.32 Å². The average molecular weight is 226 g/mol. The molecule has 1 saturated carbocycles. The van der Waals surface area contributed by atoms with Crippen molar-refractivity contribution in [1.82, 2.24) is 10.2 Å². The second-order valence-electron chi connectivity index (χ2n) is 5.35. The summed E-state index contributed by atoms with van der Waals surface area (Å²) in [6, 6.07) is 1.77. The number of likely N-dealkylation sites (tertiary alicyclic amines) is 1. The first-order valence-corrected chi connectivity index (χ1v) is 7.62. The number of nitrogens with one attached hydrogen (secondary N) is 1. The molecule has 1 aliphatic carbocycles. The van der Waals surface area contributed by atoms with Gasteiger partial charge in [0.05, 0.1) is 0 Å². The van der Waals surface area contributed by atoms with Gasteiger partial charge in [-0.25, -0.2) is 0 Å². The Kier molecular flexibility index (Phi) is 3.23. The van der Waals surface area contributed by atoms with Crippen LogP contribution in [-0.2, 0) is 0 Å². The molecule has 2 unspecified atom stereocenters. The summed E-state index contributed by atoms with van der Waals surface area (Å²) in [6.07, 6.45) is 5.76. The summed E-state index contributed by atoms with van der Waals surface area (Å²) in [5.74, 6) is 3.75. The molecule has 15 heavy (non-hydrogen) atoms. The van der Waals surface area contributed by atoms with Crippen LogP contribution in [0.25, 0.3) is 0 Å². The molecule has 2 heterocycles. The fraction of sp³-hybridized carbons (Fsp3) is 1.00. The molecule has 0 aromatic heterocycles. The minimum absolute atomic E-state index is 0.802. The van der Waals surface area contributed by atoms with Crippen molar-refractivity contribution in [3.8, 4) is 0 Å². The van der Waals surface area contributed by atoms with Crippen LogP contribution in [0, 0.1) is 5.92 Å². The van der Waals surface area contributed by atoms with Crippen LogP contribution in [-0.4, -0.2) is 48.1 Å². The molecule has 0 radical (unpaired) electrons. The number of thioether (sulfide) groups is 1. The highest BCUT2D eigenvalue weighted by Crippen LogP contribution is 2.30. The van der Waals surface area contributed by atoms with E-state index in [-0.39, 0.29) is 0 Å². The Hall–Kier alpha value is 0.270. The molecule has 2 atom stereocenters. The summed E-state index contributed by atoms with van der Waals surface area (Å²) < 4.78 is 0. The predicted molar refractivity (Wildman–Crippen MR) is 66.4 cm³/mol. The highest BCUT2D eigenvalue weighted by atomic mass is 32.2. The minimum Gasteiger partial charge on any atom is -0.312 e. The van der Waals surface area contributed by atoms with Crippen molar-refractivity contribution in [3.63, 3.8) is 0 Å². The molecule has 0 amide bonds. The first kappa shape index (κ1) is 10.4. The van der Waals surface area contributed by atoms with Crippen molar-refractivity contribution < 1.29 is 0 Å². The van der Waals surface area contributed by atoms with Crippen molar-refractivity contribution in [2.75, 3.05) is 31.1 Å². The van der Waals surface area contributed by atoms with Gasteiger partial charge in [0.25, 0.3) is 0 Å². The Labute approximate surface area is 97.2 Å². The molecule has 2 aliphatic heterocycles. The van der Waals surface area contributed by atoms with Crippen molar-refractivity contribution >= 4 is 11.8 Å². The average Bonchev–Trinajstić information content (AvgIpc) is 2.82. The second kappa shape index (κ2) is 4.64. The largest absolute Gasteiger partial charge is 0.312 e. The molecule has 0 spiro atoms. The molecule has 2 saturated heterocycles. The summed E-state index contributed by atoms with van der Waals surface area (Å²) >= 11 is 2.13. The lowest BCUT2D eigenvalue weighted by Gasteiger charge is -2.17. The molecule has 86 valence electrons. The van der Waals surface area contributed by atoms with E-state index >= 15 is 0 Å². The summed E-state index contributed by atoms with van der Waals surface area (Å²) in [5, 5.41) is 3.78. The fourth-order valence-electron chi connectivity index (χ4n) is 2.80. The van der Waals surface area contributed by atoms with Crippen LogP contribution in [0.1, 0.15) is 25.7 Å². The Morgan fingerprint density at radius 1 is 1.20 bits per heavy atom. The zero-order valence-corrected chi connectivity index (χ0v) is 10.3. The van der Waals surface area contributed by atoms with E-state index in [1.807, 2.05) is 0 Å². The lowest BCUT2D eigenvalue weighted by Crippen LogP contribution is -2.36. The Morgan fingerprint density at radius 2 is 2.13 bits per heavy atom. The molecule has 3 aliphatic rings. The molecule has 0 aromatic carbocycles. The smallest absolute Gasteiger partial charge is 0.0207 e. The van der Waals surface area contributed by atoms with Crippen LogP contribution >= 0.6 is 11.8 Å². The van der Waals surface area contributed by atoms with Crippen molar-refractivity contribution in [2.45, 2.75) is 37.8 Å². The van der Waals surface area contributed by atoms with E-state index in [1.165, 1.54) is 56.8 Å². The van der Waals surface area contributed by atoms with Gasteiger partial charge in [0.15, 0.2) is 0 Å². The normalized spacial score (nSPS) is 37.6. The standard InChI is InChI=1S/C12H22N2S/c1-2-12(1)14-5-3-11(8-14)13-7-10-4-6-15-9-10/h10-13H,1-9H2. The molecule has 0 aromatic rings. The van der Waals surface area contributed by atoms with Crippen LogP contribution in [0.3, 0.4) is 0 Å². The first-order valence-electron chi connectivity index (χ1n) is 6.47. The first-order chi connectivity index (χ1) is 7.42. The van der Waals surface area contributed by atoms with Crippen molar-refractivity contribution in [2.24, 2.45) is 5.92 Å². The van der Waals surface area contributed by atoms with Gasteiger partial charge in [-0.2, -0.15) is 11.8 Å². The molecule has 1 N–H and O–H groups in total. The third-order valence-corrected chi connectivity index (χ3v) is 5.23. The second-order valence-corrected chi connectivity index (χ2v) is 6.50. The third kappa shape index (κ3) is 2.69. The van der Waals surface area contributed by atoms with E-state index in [1.54, 1.807) is 0 Å². The molecular weight excluding hydrogens is 204 g/mol. The zero-order valence-electron chi connectivity index (χ0n) is 9.45. The van der Waals surface area contributed by atoms with Gasteiger partial charge in [-0.15, -0.1) is 0 Å². The molecule has 3 fully saturated rings. The lowest BCUT2D eigenvalue weighted by atomic mass is 10.1. The van der Waals surface area contributed by atoms with Gasteiger partial charge < -0.3 is 5.32 Å². The summed E-state index contributed by atoms with van der Waals surface area (Å²) in [4.78, 5) is 2.70. The highest BCUT2D eigenvalue weighted by molar-refractivity contribution is 7.99. The van der Waals surface area contributed by atoms with E-state index in [4.69, 9.17) is 0 Å². The molecule has 2 nitrogen and oxygen atoms in total. The SMILES string of the molecule is C1CC(CNC2CCN(C3CC3)C2)CS1. The van der Waals surface area contributed by atoms with E-state index in [0.29, 0.717) is 0 Å².